The van der Waals surface area contributed by atoms with E-state index in [-0.39, 0.29) is 24.2 Å². The highest BCUT2D eigenvalue weighted by atomic mass is 19.1. The first kappa shape index (κ1) is 18.4. The Labute approximate surface area is 165 Å². The molecule has 0 aliphatic rings. The summed E-state index contributed by atoms with van der Waals surface area (Å²) in [4.78, 5) is 31.6. The fraction of sp³-hybridized carbons (Fsp3) is 0.0455. The first-order valence-electron chi connectivity index (χ1n) is 8.95. The number of halogens is 1. The molecule has 0 fully saturated rings. The minimum Gasteiger partial charge on any atom is -0.360 e. The van der Waals surface area contributed by atoms with E-state index in [9.17, 15) is 14.0 Å². The zero-order chi connectivity index (χ0) is 20.2. The highest BCUT2D eigenvalue weighted by Crippen LogP contribution is 2.19. The summed E-state index contributed by atoms with van der Waals surface area (Å²) < 4.78 is 13.3. The van der Waals surface area contributed by atoms with E-state index in [1.807, 2.05) is 6.07 Å². The van der Waals surface area contributed by atoms with E-state index in [2.05, 4.69) is 20.6 Å². The minimum absolute atomic E-state index is 0.236. The maximum Gasteiger partial charge on any atom is 0.255 e. The zero-order valence-corrected chi connectivity index (χ0v) is 15.3. The van der Waals surface area contributed by atoms with Crippen LogP contribution in [0.25, 0.3) is 10.9 Å². The van der Waals surface area contributed by atoms with Crippen molar-refractivity contribution in [3.8, 4) is 0 Å². The van der Waals surface area contributed by atoms with Gasteiger partial charge in [0.25, 0.3) is 11.8 Å². The van der Waals surface area contributed by atoms with E-state index < -0.39 is 0 Å². The number of nitrogens with zero attached hydrogens (tertiary/aromatic N) is 1. The van der Waals surface area contributed by atoms with Gasteiger partial charge in [-0.3, -0.25) is 14.6 Å². The van der Waals surface area contributed by atoms with Gasteiger partial charge in [0.2, 0.25) is 0 Å². The quantitative estimate of drug-likeness (QED) is 0.485. The van der Waals surface area contributed by atoms with E-state index in [1.165, 1.54) is 12.1 Å². The molecule has 2 aromatic heterocycles. The maximum absolute atomic E-state index is 13.3. The summed E-state index contributed by atoms with van der Waals surface area (Å²) in [5, 5.41) is 6.32. The van der Waals surface area contributed by atoms with Crippen LogP contribution in [-0.4, -0.2) is 21.8 Å². The van der Waals surface area contributed by atoms with Crippen LogP contribution in [0, 0.1) is 5.82 Å². The maximum atomic E-state index is 13.3. The molecular formula is C22H17FN4O2. The van der Waals surface area contributed by atoms with Gasteiger partial charge in [0.15, 0.2) is 0 Å². The number of amides is 2. The van der Waals surface area contributed by atoms with Gasteiger partial charge in [0, 0.05) is 47.3 Å². The first-order chi connectivity index (χ1) is 14.1. The van der Waals surface area contributed by atoms with Gasteiger partial charge in [0.05, 0.1) is 5.56 Å². The van der Waals surface area contributed by atoms with Gasteiger partial charge in [-0.15, -0.1) is 0 Å². The van der Waals surface area contributed by atoms with Crippen molar-refractivity contribution in [2.24, 2.45) is 0 Å². The third-order valence-electron chi connectivity index (χ3n) is 4.47. The fourth-order valence-corrected chi connectivity index (χ4v) is 3.03. The van der Waals surface area contributed by atoms with Crippen molar-refractivity contribution in [1.82, 2.24) is 15.3 Å². The summed E-state index contributed by atoms with van der Waals surface area (Å²) in [5.41, 5.74) is 2.98. The number of benzene rings is 2. The van der Waals surface area contributed by atoms with Crippen LogP contribution in [0.1, 0.15) is 26.3 Å². The van der Waals surface area contributed by atoms with E-state index in [1.54, 1.807) is 55.0 Å². The molecule has 0 aliphatic heterocycles. The van der Waals surface area contributed by atoms with Crippen molar-refractivity contribution in [1.29, 1.82) is 0 Å². The number of anilines is 1. The molecule has 7 heteroatoms. The number of carbonyl (C=O) groups is 2. The summed E-state index contributed by atoms with van der Waals surface area (Å²) in [6, 6.07) is 14.7. The van der Waals surface area contributed by atoms with Crippen molar-refractivity contribution >= 4 is 28.4 Å². The molecule has 0 saturated carbocycles. The predicted molar refractivity (Wildman–Crippen MR) is 108 cm³/mol. The molecule has 0 aliphatic carbocycles. The second kappa shape index (κ2) is 7.93. The van der Waals surface area contributed by atoms with Crippen molar-refractivity contribution in [2.75, 3.05) is 5.32 Å². The van der Waals surface area contributed by atoms with Crippen molar-refractivity contribution < 1.29 is 14.0 Å². The topological polar surface area (TPSA) is 86.9 Å². The molecule has 2 heterocycles. The van der Waals surface area contributed by atoms with Gasteiger partial charge in [-0.25, -0.2) is 4.39 Å². The third-order valence-corrected chi connectivity index (χ3v) is 4.47. The number of aromatic amines is 1. The molecule has 4 aromatic rings. The highest BCUT2D eigenvalue weighted by Gasteiger charge is 2.12. The molecule has 4 rings (SSSR count). The summed E-state index contributed by atoms with van der Waals surface area (Å²) >= 11 is 0. The Balaban J connectivity index is 1.42. The number of rotatable bonds is 5. The standard InChI is InChI=1S/C22H17FN4O2/c23-16-4-5-18-19(13-25-20(18)11-16)22(29)26-12-14-2-1-3-17(10-14)27-21(28)15-6-8-24-9-7-15/h1-11,13,25H,12H2,(H,26,29)(H,27,28). The Kier molecular flexibility index (Phi) is 5.03. The second-order valence-electron chi connectivity index (χ2n) is 6.47. The SMILES string of the molecule is O=C(Nc1cccc(CNC(=O)c2c[nH]c3cc(F)ccc23)c1)c1ccncc1. The smallest absolute Gasteiger partial charge is 0.255 e. The number of hydrogen-bond acceptors (Lipinski definition) is 3. The molecule has 6 nitrogen and oxygen atoms in total. The van der Waals surface area contributed by atoms with Crippen LogP contribution < -0.4 is 10.6 Å². The number of hydrogen-bond donors (Lipinski definition) is 3. The predicted octanol–water partition coefficient (Wildman–Crippen LogP) is 3.88. The largest absolute Gasteiger partial charge is 0.360 e. The van der Waals surface area contributed by atoms with Gasteiger partial charge in [-0.1, -0.05) is 12.1 Å². The normalized spacial score (nSPS) is 10.7. The van der Waals surface area contributed by atoms with Crippen LogP contribution in [0.3, 0.4) is 0 Å². The van der Waals surface area contributed by atoms with Crippen LogP contribution in [0.5, 0.6) is 0 Å². The average molecular weight is 388 g/mol. The van der Waals surface area contributed by atoms with Crippen molar-refractivity contribution in [2.45, 2.75) is 6.54 Å². The minimum atomic E-state index is -0.364. The second-order valence-corrected chi connectivity index (χ2v) is 6.47. The molecule has 144 valence electrons. The fourth-order valence-electron chi connectivity index (χ4n) is 3.03. The molecule has 0 radical (unpaired) electrons. The molecule has 0 spiro atoms. The van der Waals surface area contributed by atoms with Gasteiger partial charge < -0.3 is 15.6 Å². The molecule has 2 amide bonds. The number of aromatic nitrogens is 2. The van der Waals surface area contributed by atoms with E-state index >= 15 is 0 Å². The monoisotopic (exact) mass is 388 g/mol. The number of H-pyrrole nitrogens is 1. The van der Waals surface area contributed by atoms with Gasteiger partial charge >= 0.3 is 0 Å². The lowest BCUT2D eigenvalue weighted by Gasteiger charge is -2.09. The third kappa shape index (κ3) is 4.14. The zero-order valence-electron chi connectivity index (χ0n) is 15.3. The van der Waals surface area contributed by atoms with Gasteiger partial charge in [0.1, 0.15) is 5.82 Å². The lowest BCUT2D eigenvalue weighted by atomic mass is 10.1. The van der Waals surface area contributed by atoms with Gasteiger partial charge in [-0.05, 0) is 48.0 Å². The molecule has 2 aromatic carbocycles. The highest BCUT2D eigenvalue weighted by molar-refractivity contribution is 6.06. The summed E-state index contributed by atoms with van der Waals surface area (Å²) in [5.74, 6) is -0.870. The van der Waals surface area contributed by atoms with E-state index in [4.69, 9.17) is 0 Å². The van der Waals surface area contributed by atoms with Crippen molar-refractivity contribution in [3.63, 3.8) is 0 Å². The summed E-state index contributed by atoms with van der Waals surface area (Å²) in [6.07, 6.45) is 4.67. The van der Waals surface area contributed by atoms with Crippen LogP contribution in [0.2, 0.25) is 0 Å². The average Bonchev–Trinajstić information content (AvgIpc) is 3.16. The van der Waals surface area contributed by atoms with Crippen LogP contribution in [0.15, 0.2) is 73.2 Å². The molecule has 0 unspecified atom stereocenters. The van der Waals surface area contributed by atoms with Crippen molar-refractivity contribution in [3.05, 3.63) is 95.7 Å². The molecule has 0 saturated heterocycles. The summed E-state index contributed by atoms with van der Waals surface area (Å²) in [7, 11) is 0. The summed E-state index contributed by atoms with van der Waals surface area (Å²) in [6.45, 7) is 0.283. The lowest BCUT2D eigenvalue weighted by molar-refractivity contribution is 0.0951. The van der Waals surface area contributed by atoms with Crippen LogP contribution in [0.4, 0.5) is 10.1 Å². The number of pyridine rings is 1. The first-order valence-corrected chi connectivity index (χ1v) is 8.95. The molecule has 0 bridgehead atoms. The number of fused-ring (bicyclic) bond motifs is 1. The molecule has 29 heavy (non-hydrogen) atoms. The Morgan fingerprint density at radius 1 is 1.00 bits per heavy atom. The Morgan fingerprint density at radius 3 is 2.66 bits per heavy atom. The van der Waals surface area contributed by atoms with E-state index in [0.717, 1.165) is 5.56 Å². The number of carbonyl (C=O) groups excluding carboxylic acids is 2. The Bertz CT molecular complexity index is 1190. The lowest BCUT2D eigenvalue weighted by Crippen LogP contribution is -2.22. The molecule has 0 atom stereocenters. The Hall–Kier alpha value is -4.00. The van der Waals surface area contributed by atoms with Crippen LogP contribution in [-0.2, 0) is 6.54 Å². The van der Waals surface area contributed by atoms with E-state index in [0.29, 0.717) is 27.7 Å². The van der Waals surface area contributed by atoms with Gasteiger partial charge in [-0.2, -0.15) is 0 Å². The Morgan fingerprint density at radius 2 is 1.83 bits per heavy atom. The number of nitrogens with one attached hydrogen (secondary N) is 3. The van der Waals surface area contributed by atoms with Crippen LogP contribution >= 0.6 is 0 Å². The molecular weight excluding hydrogens is 371 g/mol. The molecule has 3 N–H and O–H groups in total.